The van der Waals surface area contributed by atoms with Gasteiger partial charge in [0.05, 0.1) is 0 Å². The van der Waals surface area contributed by atoms with Crippen molar-refractivity contribution in [1.29, 1.82) is 0 Å². The molecular weight excluding hydrogens is 206 g/mol. The van der Waals surface area contributed by atoms with Crippen molar-refractivity contribution in [3.63, 3.8) is 0 Å². The lowest BCUT2D eigenvalue weighted by Gasteiger charge is -2.23. The maximum Gasteiger partial charge on any atom is 0.0480 e. The molecule has 0 atom stereocenters. The number of nitrogens with one attached hydrogen (secondary N) is 1. The van der Waals surface area contributed by atoms with E-state index < -0.39 is 0 Å². The summed E-state index contributed by atoms with van der Waals surface area (Å²) in [7, 11) is 0. The van der Waals surface area contributed by atoms with E-state index >= 15 is 0 Å². The number of hydrogen-bond donors (Lipinski definition) is 1. The van der Waals surface area contributed by atoms with Crippen molar-refractivity contribution >= 4 is 11.8 Å². The summed E-state index contributed by atoms with van der Waals surface area (Å²) < 4.78 is 5.33. The highest BCUT2D eigenvalue weighted by molar-refractivity contribution is 7.98. The number of ether oxygens (including phenoxy) is 1. The predicted octanol–water partition coefficient (Wildman–Crippen LogP) is 2.68. The molecule has 15 heavy (non-hydrogen) atoms. The summed E-state index contributed by atoms with van der Waals surface area (Å²) in [6.07, 6.45) is 10.1. The molecule has 1 fully saturated rings. The van der Waals surface area contributed by atoms with Crippen LogP contribution in [0.2, 0.25) is 0 Å². The third kappa shape index (κ3) is 7.20. The van der Waals surface area contributed by atoms with Crippen molar-refractivity contribution in [2.24, 2.45) is 0 Å². The molecule has 3 heteroatoms. The Labute approximate surface area is 98.5 Å². The largest absolute Gasteiger partial charge is 0.381 e. The van der Waals surface area contributed by atoms with E-state index in [4.69, 9.17) is 4.74 Å². The van der Waals surface area contributed by atoms with Gasteiger partial charge in [-0.3, -0.25) is 0 Å². The summed E-state index contributed by atoms with van der Waals surface area (Å²) in [6, 6.07) is 0.727. The van der Waals surface area contributed by atoms with Gasteiger partial charge in [0.25, 0.3) is 0 Å². The molecule has 1 aliphatic heterocycles. The normalized spacial score (nSPS) is 18.2. The van der Waals surface area contributed by atoms with Gasteiger partial charge in [-0.1, -0.05) is 12.8 Å². The van der Waals surface area contributed by atoms with E-state index in [-0.39, 0.29) is 0 Å². The molecule has 0 amide bonds. The van der Waals surface area contributed by atoms with Crippen LogP contribution >= 0.6 is 11.8 Å². The van der Waals surface area contributed by atoms with E-state index in [1.54, 1.807) is 0 Å². The minimum absolute atomic E-state index is 0.727. The fraction of sp³-hybridized carbons (Fsp3) is 1.00. The second-order valence-electron chi connectivity index (χ2n) is 4.25. The van der Waals surface area contributed by atoms with Crippen LogP contribution < -0.4 is 5.32 Å². The molecule has 1 rings (SSSR count). The molecule has 0 aromatic carbocycles. The van der Waals surface area contributed by atoms with E-state index in [1.165, 1.54) is 50.8 Å². The monoisotopic (exact) mass is 231 g/mol. The lowest BCUT2D eigenvalue weighted by molar-refractivity contribution is 0.0780. The van der Waals surface area contributed by atoms with Crippen molar-refractivity contribution in [2.45, 2.75) is 44.6 Å². The van der Waals surface area contributed by atoms with Gasteiger partial charge < -0.3 is 10.1 Å². The molecule has 0 aromatic rings. The van der Waals surface area contributed by atoms with Gasteiger partial charge in [0.1, 0.15) is 0 Å². The van der Waals surface area contributed by atoms with Gasteiger partial charge in [0.15, 0.2) is 0 Å². The molecular formula is C12H25NOS. The maximum absolute atomic E-state index is 5.33. The van der Waals surface area contributed by atoms with Crippen molar-refractivity contribution in [1.82, 2.24) is 5.32 Å². The van der Waals surface area contributed by atoms with Crippen LogP contribution in [0.3, 0.4) is 0 Å². The fourth-order valence-electron chi connectivity index (χ4n) is 1.93. The van der Waals surface area contributed by atoms with Gasteiger partial charge in [-0.05, 0) is 44.2 Å². The zero-order chi connectivity index (χ0) is 10.8. The molecule has 0 spiro atoms. The SMILES string of the molecule is CSCCCCCCNC1CCOCC1. The van der Waals surface area contributed by atoms with Gasteiger partial charge in [0.2, 0.25) is 0 Å². The number of thioether (sulfide) groups is 1. The highest BCUT2D eigenvalue weighted by Gasteiger charge is 2.11. The van der Waals surface area contributed by atoms with Crippen LogP contribution in [-0.2, 0) is 4.74 Å². The summed E-state index contributed by atoms with van der Waals surface area (Å²) in [4.78, 5) is 0. The number of rotatable bonds is 8. The van der Waals surface area contributed by atoms with Crippen molar-refractivity contribution < 1.29 is 4.74 Å². The standard InChI is InChI=1S/C12H25NOS/c1-15-11-5-3-2-4-8-13-12-6-9-14-10-7-12/h12-13H,2-11H2,1H3. The van der Waals surface area contributed by atoms with Crippen molar-refractivity contribution in [3.8, 4) is 0 Å². The lowest BCUT2D eigenvalue weighted by atomic mass is 10.1. The van der Waals surface area contributed by atoms with Gasteiger partial charge >= 0.3 is 0 Å². The highest BCUT2D eigenvalue weighted by Crippen LogP contribution is 2.07. The zero-order valence-electron chi connectivity index (χ0n) is 9.96. The Morgan fingerprint density at radius 1 is 1.13 bits per heavy atom. The molecule has 1 heterocycles. The molecule has 2 nitrogen and oxygen atoms in total. The molecule has 1 aliphatic rings. The summed E-state index contributed by atoms with van der Waals surface area (Å²) in [5.74, 6) is 1.33. The molecule has 0 saturated carbocycles. The second kappa shape index (κ2) is 9.49. The van der Waals surface area contributed by atoms with Crippen LogP contribution in [0.25, 0.3) is 0 Å². The van der Waals surface area contributed by atoms with Crippen molar-refractivity contribution in [3.05, 3.63) is 0 Å². The third-order valence-electron chi connectivity index (χ3n) is 2.93. The fourth-order valence-corrected chi connectivity index (χ4v) is 2.43. The molecule has 0 aromatic heterocycles. The van der Waals surface area contributed by atoms with Crippen LogP contribution in [-0.4, -0.2) is 37.8 Å². The maximum atomic E-state index is 5.33. The van der Waals surface area contributed by atoms with E-state index in [2.05, 4.69) is 11.6 Å². The molecule has 0 radical (unpaired) electrons. The molecule has 0 bridgehead atoms. The van der Waals surface area contributed by atoms with Gasteiger partial charge in [-0.25, -0.2) is 0 Å². The Bertz CT molecular complexity index is 138. The van der Waals surface area contributed by atoms with Crippen LogP contribution in [0.15, 0.2) is 0 Å². The number of hydrogen-bond acceptors (Lipinski definition) is 3. The predicted molar refractivity (Wildman–Crippen MR) is 68.7 cm³/mol. The summed E-state index contributed by atoms with van der Waals surface area (Å²) in [5.41, 5.74) is 0. The van der Waals surface area contributed by atoms with Gasteiger partial charge in [0, 0.05) is 19.3 Å². The van der Waals surface area contributed by atoms with E-state index in [0.29, 0.717) is 0 Å². The Balaban J connectivity index is 1.79. The summed E-state index contributed by atoms with van der Waals surface area (Å²) in [6.45, 7) is 3.10. The average Bonchev–Trinajstić information content (AvgIpc) is 2.29. The van der Waals surface area contributed by atoms with Gasteiger partial charge in [-0.15, -0.1) is 0 Å². The summed E-state index contributed by atoms with van der Waals surface area (Å²) in [5, 5.41) is 3.63. The Kier molecular flexibility index (Phi) is 8.44. The van der Waals surface area contributed by atoms with E-state index in [1.807, 2.05) is 11.8 Å². The van der Waals surface area contributed by atoms with Crippen LogP contribution in [0.4, 0.5) is 0 Å². The van der Waals surface area contributed by atoms with Gasteiger partial charge in [-0.2, -0.15) is 11.8 Å². The molecule has 1 N–H and O–H groups in total. The van der Waals surface area contributed by atoms with Crippen molar-refractivity contribution in [2.75, 3.05) is 31.8 Å². The summed E-state index contributed by atoms with van der Waals surface area (Å²) >= 11 is 1.96. The first-order valence-corrected chi connectivity index (χ1v) is 7.63. The second-order valence-corrected chi connectivity index (χ2v) is 5.23. The minimum atomic E-state index is 0.727. The quantitative estimate of drug-likeness (QED) is 0.649. The average molecular weight is 231 g/mol. The minimum Gasteiger partial charge on any atom is -0.381 e. The zero-order valence-corrected chi connectivity index (χ0v) is 10.8. The third-order valence-corrected chi connectivity index (χ3v) is 3.63. The first-order valence-electron chi connectivity index (χ1n) is 6.23. The van der Waals surface area contributed by atoms with Crippen LogP contribution in [0.1, 0.15) is 38.5 Å². The van der Waals surface area contributed by atoms with Crippen LogP contribution in [0.5, 0.6) is 0 Å². The van der Waals surface area contributed by atoms with E-state index in [0.717, 1.165) is 19.3 Å². The topological polar surface area (TPSA) is 21.3 Å². The van der Waals surface area contributed by atoms with E-state index in [9.17, 15) is 0 Å². The Morgan fingerprint density at radius 2 is 1.87 bits per heavy atom. The lowest BCUT2D eigenvalue weighted by Crippen LogP contribution is -2.35. The molecule has 90 valence electrons. The first-order chi connectivity index (χ1) is 7.43. The Morgan fingerprint density at radius 3 is 2.60 bits per heavy atom. The molecule has 1 saturated heterocycles. The smallest absolute Gasteiger partial charge is 0.0480 e. The highest BCUT2D eigenvalue weighted by atomic mass is 32.2. The molecule has 0 unspecified atom stereocenters. The van der Waals surface area contributed by atoms with Crippen LogP contribution in [0, 0.1) is 0 Å². The number of unbranched alkanes of at least 4 members (excludes halogenated alkanes) is 3. The Hall–Kier alpha value is 0.270. The first kappa shape index (κ1) is 13.3. The molecule has 0 aliphatic carbocycles.